The van der Waals surface area contributed by atoms with Gasteiger partial charge in [0.1, 0.15) is 0 Å². The summed E-state index contributed by atoms with van der Waals surface area (Å²) in [5, 5.41) is 7.16. The quantitative estimate of drug-likeness (QED) is 0.723. The summed E-state index contributed by atoms with van der Waals surface area (Å²) in [6, 6.07) is 0. The molecule has 0 saturated carbocycles. The molecule has 0 bridgehead atoms. The minimum Gasteiger partial charge on any atom is -0.480 e. The minimum absolute atomic E-state index is 0.216. The number of nitrogens with one attached hydrogen (secondary N) is 1. The molecule has 0 aliphatic rings. The molecule has 0 amide bonds. The number of thioether (sulfide) groups is 1. The summed E-state index contributed by atoms with van der Waals surface area (Å²) in [7, 11) is -3.77. The predicted molar refractivity (Wildman–Crippen MR) is 61.6 cm³/mol. The Bertz CT molecular complexity index is 324. The van der Waals surface area contributed by atoms with E-state index in [1.807, 2.05) is 20.1 Å². The van der Waals surface area contributed by atoms with Crippen molar-refractivity contribution < 1.29 is 18.3 Å². The Balaban J connectivity index is 4.48. The van der Waals surface area contributed by atoms with Crippen molar-refractivity contribution in [1.29, 1.82) is 0 Å². The van der Waals surface area contributed by atoms with Crippen LogP contribution >= 0.6 is 11.8 Å². The molecule has 0 fully saturated rings. The van der Waals surface area contributed by atoms with Crippen LogP contribution in [-0.4, -0.2) is 42.3 Å². The van der Waals surface area contributed by atoms with Crippen LogP contribution in [0.1, 0.15) is 20.8 Å². The maximum atomic E-state index is 11.4. The van der Waals surface area contributed by atoms with Gasteiger partial charge in [0.05, 0.1) is 0 Å². The molecule has 90 valence electrons. The molecular formula is C8H17NO4S2. The van der Waals surface area contributed by atoms with E-state index in [1.165, 1.54) is 11.8 Å². The first kappa shape index (κ1) is 14.7. The summed E-state index contributed by atoms with van der Waals surface area (Å²) < 4.78 is 24.9. The van der Waals surface area contributed by atoms with E-state index in [0.29, 0.717) is 0 Å². The topological polar surface area (TPSA) is 83.5 Å². The zero-order valence-corrected chi connectivity index (χ0v) is 10.9. The molecule has 5 nitrogen and oxygen atoms in total. The SMILES string of the molecule is CSC(C)(C)CNS(=O)(=O)C(C)C(=O)O. The van der Waals surface area contributed by atoms with E-state index >= 15 is 0 Å². The van der Waals surface area contributed by atoms with E-state index in [2.05, 4.69) is 4.72 Å². The van der Waals surface area contributed by atoms with Crippen LogP contribution in [0, 0.1) is 0 Å². The van der Waals surface area contributed by atoms with E-state index in [-0.39, 0.29) is 11.3 Å². The Kier molecular flexibility index (Phi) is 5.08. The van der Waals surface area contributed by atoms with E-state index in [4.69, 9.17) is 5.11 Å². The Morgan fingerprint density at radius 3 is 2.33 bits per heavy atom. The zero-order valence-electron chi connectivity index (χ0n) is 9.27. The van der Waals surface area contributed by atoms with Crippen molar-refractivity contribution in [2.75, 3.05) is 12.8 Å². The van der Waals surface area contributed by atoms with Gasteiger partial charge < -0.3 is 5.11 Å². The maximum absolute atomic E-state index is 11.4. The Morgan fingerprint density at radius 1 is 1.53 bits per heavy atom. The highest BCUT2D eigenvalue weighted by Gasteiger charge is 2.29. The number of sulfonamides is 1. The van der Waals surface area contributed by atoms with Gasteiger partial charge >= 0.3 is 5.97 Å². The first-order valence-corrected chi connectivity index (χ1v) is 7.16. The molecule has 0 spiro atoms. The first-order valence-electron chi connectivity index (χ1n) is 4.39. The number of hydrogen-bond donors (Lipinski definition) is 2. The fourth-order valence-corrected chi connectivity index (χ4v) is 1.99. The molecule has 0 aliphatic heterocycles. The molecule has 0 aromatic heterocycles. The third kappa shape index (κ3) is 4.85. The summed E-state index contributed by atoms with van der Waals surface area (Å²) in [6.07, 6.45) is 1.87. The minimum atomic E-state index is -3.77. The second kappa shape index (κ2) is 5.18. The lowest BCUT2D eigenvalue weighted by atomic mass is 10.2. The lowest BCUT2D eigenvalue weighted by molar-refractivity contribution is -0.136. The molecule has 0 rings (SSSR count). The summed E-state index contributed by atoms with van der Waals surface area (Å²) in [5.74, 6) is -1.34. The average molecular weight is 255 g/mol. The lowest BCUT2D eigenvalue weighted by Crippen LogP contribution is -2.42. The summed E-state index contributed by atoms with van der Waals surface area (Å²) in [5.41, 5.74) is 0. The van der Waals surface area contributed by atoms with Crippen LogP contribution in [-0.2, 0) is 14.8 Å². The van der Waals surface area contributed by atoms with Gasteiger partial charge in [0, 0.05) is 11.3 Å². The normalized spacial score (nSPS) is 14.9. The molecule has 0 saturated heterocycles. The molecular weight excluding hydrogens is 238 g/mol. The summed E-state index contributed by atoms with van der Waals surface area (Å²) >= 11 is 1.51. The lowest BCUT2D eigenvalue weighted by Gasteiger charge is -2.22. The highest BCUT2D eigenvalue weighted by Crippen LogP contribution is 2.20. The van der Waals surface area contributed by atoms with Crippen LogP contribution in [0.2, 0.25) is 0 Å². The van der Waals surface area contributed by atoms with Crippen LogP contribution in [0.3, 0.4) is 0 Å². The molecule has 1 atom stereocenters. The fraction of sp³-hybridized carbons (Fsp3) is 0.875. The van der Waals surface area contributed by atoms with Crippen molar-refractivity contribution in [3.63, 3.8) is 0 Å². The Morgan fingerprint density at radius 2 is 2.00 bits per heavy atom. The van der Waals surface area contributed by atoms with Crippen LogP contribution in [0.15, 0.2) is 0 Å². The van der Waals surface area contributed by atoms with Crippen molar-refractivity contribution in [3.8, 4) is 0 Å². The van der Waals surface area contributed by atoms with Crippen LogP contribution in [0.25, 0.3) is 0 Å². The fourth-order valence-electron chi connectivity index (χ4n) is 0.604. The summed E-state index contributed by atoms with van der Waals surface area (Å²) in [4.78, 5) is 10.5. The molecule has 7 heteroatoms. The second-order valence-electron chi connectivity index (χ2n) is 3.81. The third-order valence-corrected chi connectivity index (χ3v) is 4.99. The van der Waals surface area contributed by atoms with Crippen molar-refractivity contribution >= 4 is 27.8 Å². The largest absolute Gasteiger partial charge is 0.480 e. The Labute approximate surface area is 94.7 Å². The standard InChI is InChI=1S/C8H17NO4S2/c1-6(7(10)11)15(12,13)9-5-8(2,3)14-4/h6,9H,5H2,1-4H3,(H,10,11). The van der Waals surface area contributed by atoms with Crippen LogP contribution < -0.4 is 4.72 Å². The highest BCUT2D eigenvalue weighted by molar-refractivity contribution is 8.00. The molecule has 15 heavy (non-hydrogen) atoms. The van der Waals surface area contributed by atoms with Crippen LogP contribution in [0.5, 0.6) is 0 Å². The van der Waals surface area contributed by atoms with E-state index in [1.54, 1.807) is 0 Å². The number of carboxylic acids is 1. The predicted octanol–water partition coefficient (Wildman–Crippen LogP) is 0.520. The summed E-state index contributed by atoms with van der Waals surface area (Å²) in [6.45, 7) is 5.13. The Hall–Kier alpha value is -0.270. The first-order chi connectivity index (χ1) is 6.62. The van der Waals surface area contributed by atoms with Gasteiger partial charge in [-0.25, -0.2) is 13.1 Å². The molecule has 2 N–H and O–H groups in total. The average Bonchev–Trinajstić information content (AvgIpc) is 2.14. The number of rotatable bonds is 6. The van der Waals surface area contributed by atoms with Crippen molar-refractivity contribution in [1.82, 2.24) is 4.72 Å². The van der Waals surface area contributed by atoms with E-state index in [0.717, 1.165) is 6.92 Å². The van der Waals surface area contributed by atoms with Gasteiger partial charge in [-0.05, 0) is 27.0 Å². The van der Waals surface area contributed by atoms with Gasteiger partial charge in [-0.3, -0.25) is 4.79 Å². The highest BCUT2D eigenvalue weighted by atomic mass is 32.2. The van der Waals surface area contributed by atoms with Crippen molar-refractivity contribution in [2.24, 2.45) is 0 Å². The number of carboxylic acid groups (broad SMARTS) is 1. The number of carbonyl (C=O) groups is 1. The van der Waals surface area contributed by atoms with Gasteiger partial charge in [-0.15, -0.1) is 0 Å². The molecule has 0 heterocycles. The van der Waals surface area contributed by atoms with Crippen LogP contribution in [0.4, 0.5) is 0 Å². The van der Waals surface area contributed by atoms with E-state index < -0.39 is 21.2 Å². The molecule has 1 unspecified atom stereocenters. The molecule has 0 aliphatic carbocycles. The van der Waals surface area contributed by atoms with Crippen molar-refractivity contribution in [3.05, 3.63) is 0 Å². The molecule has 0 radical (unpaired) electrons. The van der Waals surface area contributed by atoms with Gasteiger partial charge in [0.25, 0.3) is 0 Å². The van der Waals surface area contributed by atoms with Gasteiger partial charge in [0.2, 0.25) is 10.0 Å². The third-order valence-electron chi connectivity index (χ3n) is 2.06. The van der Waals surface area contributed by atoms with Gasteiger partial charge in [-0.2, -0.15) is 11.8 Å². The van der Waals surface area contributed by atoms with Crippen molar-refractivity contribution in [2.45, 2.75) is 30.8 Å². The maximum Gasteiger partial charge on any atom is 0.323 e. The zero-order chi connectivity index (χ0) is 12.3. The monoisotopic (exact) mass is 255 g/mol. The van der Waals surface area contributed by atoms with Gasteiger partial charge in [0.15, 0.2) is 5.25 Å². The van der Waals surface area contributed by atoms with E-state index in [9.17, 15) is 13.2 Å². The van der Waals surface area contributed by atoms with Gasteiger partial charge in [-0.1, -0.05) is 0 Å². The molecule has 0 aromatic carbocycles. The number of aliphatic carboxylic acids is 1. The second-order valence-corrected chi connectivity index (χ2v) is 7.41. The molecule has 0 aromatic rings. The number of hydrogen-bond acceptors (Lipinski definition) is 4. The smallest absolute Gasteiger partial charge is 0.323 e.